The zero-order valence-corrected chi connectivity index (χ0v) is 14.4. The second kappa shape index (κ2) is 6.92. The molecule has 6 nitrogen and oxygen atoms in total. The first kappa shape index (κ1) is 16.8. The summed E-state index contributed by atoms with van der Waals surface area (Å²) in [6.45, 7) is 0. The Morgan fingerprint density at radius 3 is 2.26 bits per heavy atom. The Labute approximate surface area is 156 Å². The zero-order chi connectivity index (χ0) is 18.8. The third-order valence-electron chi connectivity index (χ3n) is 4.62. The van der Waals surface area contributed by atoms with Crippen LogP contribution in [0.2, 0.25) is 0 Å². The Kier molecular flexibility index (Phi) is 4.30. The maximum absolute atomic E-state index is 10.9. The third-order valence-corrected chi connectivity index (χ3v) is 4.62. The van der Waals surface area contributed by atoms with Crippen molar-refractivity contribution in [1.82, 2.24) is 0 Å². The normalized spacial score (nSPS) is 16.2. The summed E-state index contributed by atoms with van der Waals surface area (Å²) in [6, 6.07) is 23.4. The minimum Gasteiger partial charge on any atom is -0.508 e. The van der Waals surface area contributed by atoms with Crippen LogP contribution in [0.1, 0.15) is 23.6 Å². The van der Waals surface area contributed by atoms with Gasteiger partial charge >= 0.3 is 0 Å². The molecule has 0 aromatic heterocycles. The Morgan fingerprint density at radius 1 is 0.963 bits per heavy atom. The van der Waals surface area contributed by atoms with E-state index in [1.807, 2.05) is 47.5 Å². The van der Waals surface area contributed by atoms with Gasteiger partial charge in [0.15, 0.2) is 0 Å². The molecule has 0 spiro atoms. The minimum absolute atomic E-state index is 0.0476. The van der Waals surface area contributed by atoms with Crippen molar-refractivity contribution >= 4 is 17.1 Å². The van der Waals surface area contributed by atoms with Crippen LogP contribution in [-0.4, -0.2) is 15.7 Å². The lowest BCUT2D eigenvalue weighted by atomic mass is 9.98. The molecule has 4 rings (SSSR count). The van der Waals surface area contributed by atoms with Crippen molar-refractivity contribution in [2.24, 2.45) is 5.10 Å². The topological polar surface area (TPSA) is 79.0 Å². The fourth-order valence-electron chi connectivity index (χ4n) is 3.24. The second-order valence-corrected chi connectivity index (χ2v) is 6.34. The summed E-state index contributed by atoms with van der Waals surface area (Å²) in [5, 5.41) is 27.2. The standard InChI is InChI=1S/C21H17N3O3/c25-19-12-6-16(7-13-19)21-14-20(15-4-2-1-3-5-15)22-23(21)17-8-10-18(11-9-17)24(26)27/h1-13,21,25H,14H2/t21-/m0/s1. The number of nitro benzene ring substituents is 1. The fraction of sp³-hybridized carbons (Fsp3) is 0.0952. The summed E-state index contributed by atoms with van der Waals surface area (Å²) < 4.78 is 0. The maximum atomic E-state index is 10.9. The molecule has 1 atom stereocenters. The van der Waals surface area contributed by atoms with Gasteiger partial charge in [-0.3, -0.25) is 15.1 Å². The van der Waals surface area contributed by atoms with Gasteiger partial charge < -0.3 is 5.11 Å². The van der Waals surface area contributed by atoms with E-state index in [9.17, 15) is 15.2 Å². The molecule has 3 aromatic rings. The Hall–Kier alpha value is -3.67. The number of aromatic hydroxyl groups is 1. The number of rotatable bonds is 4. The zero-order valence-electron chi connectivity index (χ0n) is 14.4. The number of phenolic OH excluding ortho intramolecular Hbond substituents is 1. The van der Waals surface area contributed by atoms with Gasteiger partial charge in [-0.25, -0.2) is 0 Å². The van der Waals surface area contributed by atoms with Crippen LogP contribution in [0.5, 0.6) is 5.75 Å². The molecule has 0 amide bonds. The van der Waals surface area contributed by atoms with Gasteiger partial charge in [0.05, 0.1) is 22.4 Å². The minimum atomic E-state index is -0.413. The highest BCUT2D eigenvalue weighted by Crippen LogP contribution is 2.37. The van der Waals surface area contributed by atoms with Crippen LogP contribution in [0.25, 0.3) is 0 Å². The largest absolute Gasteiger partial charge is 0.508 e. The van der Waals surface area contributed by atoms with Crippen LogP contribution in [-0.2, 0) is 0 Å². The van der Waals surface area contributed by atoms with Crippen molar-refractivity contribution in [3.63, 3.8) is 0 Å². The van der Waals surface area contributed by atoms with E-state index in [1.165, 1.54) is 12.1 Å². The van der Waals surface area contributed by atoms with Crippen LogP contribution in [0.4, 0.5) is 11.4 Å². The number of hydrazone groups is 1. The summed E-state index contributed by atoms with van der Waals surface area (Å²) in [5.74, 6) is 0.211. The quantitative estimate of drug-likeness (QED) is 0.543. The van der Waals surface area contributed by atoms with E-state index in [2.05, 4.69) is 0 Å². The third kappa shape index (κ3) is 3.37. The lowest BCUT2D eigenvalue weighted by Gasteiger charge is -2.24. The molecule has 0 bridgehead atoms. The molecule has 27 heavy (non-hydrogen) atoms. The molecule has 0 aliphatic carbocycles. The molecule has 0 radical (unpaired) electrons. The van der Waals surface area contributed by atoms with E-state index in [1.54, 1.807) is 24.3 Å². The van der Waals surface area contributed by atoms with E-state index >= 15 is 0 Å². The van der Waals surface area contributed by atoms with Gasteiger partial charge in [-0.2, -0.15) is 5.10 Å². The van der Waals surface area contributed by atoms with E-state index in [0.717, 1.165) is 22.5 Å². The smallest absolute Gasteiger partial charge is 0.269 e. The fourth-order valence-corrected chi connectivity index (χ4v) is 3.24. The molecule has 134 valence electrons. The molecule has 1 heterocycles. The van der Waals surface area contributed by atoms with Crippen LogP contribution < -0.4 is 5.01 Å². The number of nitro groups is 1. The predicted octanol–water partition coefficient (Wildman–Crippen LogP) is 4.66. The lowest BCUT2D eigenvalue weighted by molar-refractivity contribution is -0.384. The molecule has 0 saturated heterocycles. The molecule has 0 unspecified atom stereocenters. The first-order valence-corrected chi connectivity index (χ1v) is 8.57. The van der Waals surface area contributed by atoms with Crippen molar-refractivity contribution in [1.29, 1.82) is 0 Å². The molecule has 0 saturated carbocycles. The van der Waals surface area contributed by atoms with Crippen LogP contribution in [0.3, 0.4) is 0 Å². The number of hydrogen-bond donors (Lipinski definition) is 1. The van der Waals surface area contributed by atoms with Gasteiger partial charge in [-0.05, 0) is 35.4 Å². The van der Waals surface area contributed by atoms with Gasteiger partial charge in [-0.15, -0.1) is 0 Å². The highest BCUT2D eigenvalue weighted by molar-refractivity contribution is 6.03. The van der Waals surface area contributed by atoms with Crippen molar-refractivity contribution in [2.45, 2.75) is 12.5 Å². The second-order valence-electron chi connectivity index (χ2n) is 6.34. The van der Waals surface area contributed by atoms with Crippen molar-refractivity contribution in [3.8, 4) is 5.75 Å². The van der Waals surface area contributed by atoms with E-state index < -0.39 is 4.92 Å². The van der Waals surface area contributed by atoms with Gasteiger partial charge in [0.1, 0.15) is 5.75 Å². The summed E-state index contributed by atoms with van der Waals surface area (Å²) in [6.07, 6.45) is 0.700. The number of hydrogen-bond acceptors (Lipinski definition) is 5. The number of anilines is 1. The van der Waals surface area contributed by atoms with Crippen molar-refractivity contribution in [3.05, 3.63) is 100 Å². The Morgan fingerprint density at radius 2 is 1.63 bits per heavy atom. The molecular formula is C21H17N3O3. The summed E-state index contributed by atoms with van der Waals surface area (Å²) >= 11 is 0. The summed E-state index contributed by atoms with van der Waals surface area (Å²) in [5.41, 5.74) is 3.84. The SMILES string of the molecule is O=[N+]([O-])c1ccc(N2N=C(c3ccccc3)C[C@H]2c2ccc(O)cc2)cc1. The van der Waals surface area contributed by atoms with Crippen LogP contribution in [0.15, 0.2) is 84.0 Å². The highest BCUT2D eigenvalue weighted by atomic mass is 16.6. The number of non-ortho nitro benzene ring substituents is 1. The van der Waals surface area contributed by atoms with Crippen LogP contribution >= 0.6 is 0 Å². The summed E-state index contributed by atoms with van der Waals surface area (Å²) in [4.78, 5) is 10.5. The molecule has 1 N–H and O–H groups in total. The average molecular weight is 359 g/mol. The van der Waals surface area contributed by atoms with Crippen molar-refractivity contribution < 1.29 is 10.0 Å². The van der Waals surface area contributed by atoms with Gasteiger partial charge in [-0.1, -0.05) is 42.5 Å². The molecule has 0 fully saturated rings. The summed E-state index contributed by atoms with van der Waals surface area (Å²) in [7, 11) is 0. The first-order valence-electron chi connectivity index (χ1n) is 8.57. The highest BCUT2D eigenvalue weighted by Gasteiger charge is 2.30. The van der Waals surface area contributed by atoms with E-state index in [4.69, 9.17) is 5.10 Å². The Bertz CT molecular complexity index is 983. The first-order chi connectivity index (χ1) is 13.1. The lowest BCUT2D eigenvalue weighted by Crippen LogP contribution is -2.18. The number of phenols is 1. The average Bonchev–Trinajstić information content (AvgIpc) is 3.15. The van der Waals surface area contributed by atoms with E-state index in [0.29, 0.717) is 6.42 Å². The Balaban J connectivity index is 1.73. The monoisotopic (exact) mass is 359 g/mol. The number of nitrogens with zero attached hydrogens (tertiary/aromatic N) is 3. The van der Waals surface area contributed by atoms with E-state index in [-0.39, 0.29) is 17.5 Å². The van der Waals surface area contributed by atoms with Gasteiger partial charge in [0.2, 0.25) is 0 Å². The molecule has 1 aliphatic heterocycles. The van der Waals surface area contributed by atoms with Crippen molar-refractivity contribution in [2.75, 3.05) is 5.01 Å². The molecular weight excluding hydrogens is 342 g/mol. The van der Waals surface area contributed by atoms with Gasteiger partial charge in [0, 0.05) is 18.6 Å². The predicted molar refractivity (Wildman–Crippen MR) is 104 cm³/mol. The van der Waals surface area contributed by atoms with Crippen LogP contribution in [0, 0.1) is 10.1 Å². The van der Waals surface area contributed by atoms with Gasteiger partial charge in [0.25, 0.3) is 5.69 Å². The molecule has 1 aliphatic rings. The molecule has 3 aromatic carbocycles. The maximum Gasteiger partial charge on any atom is 0.269 e. The molecule has 6 heteroatoms. The number of benzene rings is 3.